The third-order valence-electron chi connectivity index (χ3n) is 2.43. The number of hydrogen-bond donors (Lipinski definition) is 1. The van der Waals surface area contributed by atoms with Crippen LogP contribution >= 0.6 is 23.8 Å². The highest BCUT2D eigenvalue weighted by Crippen LogP contribution is 2.23. The molecule has 1 aromatic heterocycles. The summed E-state index contributed by atoms with van der Waals surface area (Å²) in [5.74, 6) is 0.0412. The molecule has 0 radical (unpaired) electrons. The molecule has 2 aromatic rings. The van der Waals surface area contributed by atoms with Crippen LogP contribution in [0, 0.1) is 4.77 Å². The number of hydrogen-bond acceptors (Lipinski definition) is 3. The van der Waals surface area contributed by atoms with Crippen LogP contribution in [0.4, 0.5) is 0 Å². The first-order valence-corrected chi connectivity index (χ1v) is 7.78. The van der Waals surface area contributed by atoms with Gasteiger partial charge < -0.3 is 9.55 Å². The zero-order valence-electron chi connectivity index (χ0n) is 9.10. The van der Waals surface area contributed by atoms with E-state index >= 15 is 0 Å². The van der Waals surface area contributed by atoms with Crippen molar-refractivity contribution in [2.75, 3.05) is 12.0 Å². The standard InChI is InChI=1S/C10H11ClN2O2S2/c1-17(14,15)6-5-13-9-7(11)3-2-4-8(9)12-10(13)16/h2-4H,5-6H2,1H3,(H,12,16). The molecule has 0 aliphatic rings. The average molecular weight is 291 g/mol. The summed E-state index contributed by atoms with van der Waals surface area (Å²) in [7, 11) is -3.02. The van der Waals surface area contributed by atoms with Crippen LogP contribution in [-0.2, 0) is 16.4 Å². The first-order valence-electron chi connectivity index (χ1n) is 4.93. The zero-order chi connectivity index (χ0) is 12.6. The second-order valence-electron chi connectivity index (χ2n) is 3.85. The molecule has 2 rings (SSSR count). The monoisotopic (exact) mass is 290 g/mol. The summed E-state index contributed by atoms with van der Waals surface area (Å²) in [5.41, 5.74) is 1.57. The normalized spacial score (nSPS) is 12.1. The lowest BCUT2D eigenvalue weighted by molar-refractivity contribution is 0.595. The quantitative estimate of drug-likeness (QED) is 0.883. The number of H-pyrrole nitrogens is 1. The number of fused-ring (bicyclic) bond motifs is 1. The van der Waals surface area contributed by atoms with Crippen molar-refractivity contribution in [2.45, 2.75) is 6.54 Å². The number of halogens is 1. The predicted molar refractivity (Wildman–Crippen MR) is 71.8 cm³/mol. The van der Waals surface area contributed by atoms with Gasteiger partial charge in [0.1, 0.15) is 9.84 Å². The second-order valence-corrected chi connectivity index (χ2v) is 6.90. The van der Waals surface area contributed by atoms with Crippen LogP contribution in [-0.4, -0.2) is 30.0 Å². The Hall–Kier alpha value is -0.850. The molecule has 0 aliphatic heterocycles. The van der Waals surface area contributed by atoms with Crippen LogP contribution in [0.25, 0.3) is 11.0 Å². The topological polar surface area (TPSA) is 54.9 Å². The second kappa shape index (κ2) is 4.44. The highest BCUT2D eigenvalue weighted by atomic mass is 35.5. The van der Waals surface area contributed by atoms with Crippen molar-refractivity contribution < 1.29 is 8.42 Å². The number of aromatic nitrogens is 2. The summed E-state index contributed by atoms with van der Waals surface area (Å²) >= 11 is 11.2. The van der Waals surface area contributed by atoms with Crippen molar-refractivity contribution in [1.82, 2.24) is 9.55 Å². The third-order valence-corrected chi connectivity index (χ3v) is 3.98. The number of nitrogens with one attached hydrogen (secondary N) is 1. The minimum Gasteiger partial charge on any atom is -0.331 e. The summed E-state index contributed by atoms with van der Waals surface area (Å²) < 4.78 is 24.5. The highest BCUT2D eigenvalue weighted by Gasteiger charge is 2.10. The number of rotatable bonds is 3. The smallest absolute Gasteiger partial charge is 0.178 e. The number of nitrogens with zero attached hydrogens (tertiary/aromatic N) is 1. The van der Waals surface area contributed by atoms with Crippen molar-refractivity contribution in [3.63, 3.8) is 0 Å². The number of para-hydroxylation sites is 1. The highest BCUT2D eigenvalue weighted by molar-refractivity contribution is 7.90. The fourth-order valence-electron chi connectivity index (χ4n) is 1.65. The first-order chi connectivity index (χ1) is 7.88. The summed E-state index contributed by atoms with van der Waals surface area (Å²) in [6.45, 7) is 0.307. The molecule has 0 amide bonds. The zero-order valence-corrected chi connectivity index (χ0v) is 11.5. The number of sulfone groups is 1. The Kier molecular flexibility index (Phi) is 3.29. The number of aromatic amines is 1. The van der Waals surface area contributed by atoms with Crippen LogP contribution < -0.4 is 0 Å². The number of benzene rings is 1. The van der Waals surface area contributed by atoms with Crippen molar-refractivity contribution in [3.8, 4) is 0 Å². The van der Waals surface area contributed by atoms with Crippen LogP contribution in [0.1, 0.15) is 0 Å². The van der Waals surface area contributed by atoms with Gasteiger partial charge in [-0.1, -0.05) is 17.7 Å². The minimum atomic E-state index is -3.02. The molecule has 92 valence electrons. The van der Waals surface area contributed by atoms with E-state index in [4.69, 9.17) is 23.8 Å². The molecule has 0 saturated heterocycles. The fraction of sp³-hybridized carbons (Fsp3) is 0.300. The van der Waals surface area contributed by atoms with Gasteiger partial charge in [0.15, 0.2) is 4.77 Å². The van der Waals surface area contributed by atoms with Gasteiger partial charge in [-0.2, -0.15) is 0 Å². The molecule has 0 spiro atoms. The molecule has 0 unspecified atom stereocenters. The lowest BCUT2D eigenvalue weighted by Gasteiger charge is -2.04. The lowest BCUT2D eigenvalue weighted by Crippen LogP contribution is -2.11. The summed E-state index contributed by atoms with van der Waals surface area (Å²) in [5, 5.41) is 0.559. The molecule has 0 atom stereocenters. The van der Waals surface area contributed by atoms with Gasteiger partial charge in [-0.25, -0.2) is 8.42 Å². The average Bonchev–Trinajstić information content (AvgIpc) is 2.51. The molecule has 1 heterocycles. The maximum absolute atomic E-state index is 11.2. The van der Waals surface area contributed by atoms with E-state index in [1.54, 1.807) is 10.6 Å². The Morgan fingerprint density at radius 2 is 2.18 bits per heavy atom. The summed E-state index contributed by atoms with van der Waals surface area (Å²) in [4.78, 5) is 3.00. The molecule has 1 N–H and O–H groups in total. The molecule has 1 aromatic carbocycles. The van der Waals surface area contributed by atoms with Crippen molar-refractivity contribution >= 4 is 44.7 Å². The van der Waals surface area contributed by atoms with E-state index in [9.17, 15) is 8.42 Å². The van der Waals surface area contributed by atoms with E-state index in [1.165, 1.54) is 6.26 Å². The van der Waals surface area contributed by atoms with Gasteiger partial charge in [0.25, 0.3) is 0 Å². The molecular weight excluding hydrogens is 280 g/mol. The molecular formula is C10H11ClN2O2S2. The maximum Gasteiger partial charge on any atom is 0.178 e. The van der Waals surface area contributed by atoms with Crippen molar-refractivity contribution in [3.05, 3.63) is 28.0 Å². The minimum absolute atomic E-state index is 0.0412. The summed E-state index contributed by atoms with van der Waals surface area (Å²) in [6.07, 6.45) is 1.20. The third kappa shape index (κ3) is 2.70. The summed E-state index contributed by atoms with van der Waals surface area (Å²) in [6, 6.07) is 5.42. The molecule has 4 nitrogen and oxygen atoms in total. The molecule has 0 fully saturated rings. The Bertz CT molecular complexity index is 715. The Morgan fingerprint density at radius 3 is 2.82 bits per heavy atom. The SMILES string of the molecule is CS(=O)(=O)CCn1c(=S)[nH]c2cccc(Cl)c21. The van der Waals surface area contributed by atoms with Gasteiger partial charge in [-0.3, -0.25) is 0 Å². The van der Waals surface area contributed by atoms with Crippen LogP contribution in [0.3, 0.4) is 0 Å². The van der Waals surface area contributed by atoms with Crippen molar-refractivity contribution in [1.29, 1.82) is 0 Å². The van der Waals surface area contributed by atoms with Gasteiger partial charge >= 0.3 is 0 Å². The van der Waals surface area contributed by atoms with E-state index in [0.717, 1.165) is 11.0 Å². The molecule has 0 saturated carbocycles. The van der Waals surface area contributed by atoms with Crippen molar-refractivity contribution in [2.24, 2.45) is 0 Å². The van der Waals surface area contributed by atoms with E-state index in [-0.39, 0.29) is 5.75 Å². The van der Waals surface area contributed by atoms with Gasteiger partial charge in [-0.05, 0) is 24.4 Å². The molecule has 7 heteroatoms. The van der Waals surface area contributed by atoms with Crippen LogP contribution in [0.5, 0.6) is 0 Å². The Labute approximate surface area is 109 Å². The number of imidazole rings is 1. The maximum atomic E-state index is 11.2. The predicted octanol–water partition coefficient (Wildman–Crippen LogP) is 2.40. The van der Waals surface area contributed by atoms with E-state index < -0.39 is 9.84 Å². The number of aryl methyl sites for hydroxylation is 1. The molecule has 0 aliphatic carbocycles. The van der Waals surface area contributed by atoms with E-state index in [1.807, 2.05) is 12.1 Å². The lowest BCUT2D eigenvalue weighted by atomic mass is 10.3. The Balaban J connectivity index is 2.53. The first kappa shape index (κ1) is 12.6. The van der Waals surface area contributed by atoms with Crippen LogP contribution in [0.2, 0.25) is 5.02 Å². The largest absolute Gasteiger partial charge is 0.331 e. The van der Waals surface area contributed by atoms with Crippen LogP contribution in [0.15, 0.2) is 18.2 Å². The fourth-order valence-corrected chi connectivity index (χ4v) is 2.73. The van der Waals surface area contributed by atoms with Gasteiger partial charge in [0.05, 0.1) is 21.8 Å². The molecule has 0 bridgehead atoms. The van der Waals surface area contributed by atoms with E-state index in [2.05, 4.69) is 4.98 Å². The van der Waals surface area contributed by atoms with E-state index in [0.29, 0.717) is 16.3 Å². The van der Waals surface area contributed by atoms with Gasteiger partial charge in [0.2, 0.25) is 0 Å². The van der Waals surface area contributed by atoms with Gasteiger partial charge in [0, 0.05) is 12.8 Å². The Morgan fingerprint density at radius 1 is 1.47 bits per heavy atom. The molecule has 17 heavy (non-hydrogen) atoms. The van der Waals surface area contributed by atoms with Gasteiger partial charge in [-0.15, -0.1) is 0 Å².